The number of ether oxygens (including phenoxy) is 2. The number of esters is 1. The SMILES string of the molecule is CC(=O)OC1C(O)[C@H](O)OC(CO)[C@H]1O. The van der Waals surface area contributed by atoms with E-state index in [9.17, 15) is 20.1 Å². The van der Waals surface area contributed by atoms with Crippen molar-refractivity contribution in [3.05, 3.63) is 0 Å². The van der Waals surface area contributed by atoms with Crippen molar-refractivity contribution in [3.63, 3.8) is 0 Å². The van der Waals surface area contributed by atoms with Crippen LogP contribution in [-0.4, -0.2) is 63.7 Å². The van der Waals surface area contributed by atoms with E-state index in [1.807, 2.05) is 0 Å². The zero-order valence-electron chi connectivity index (χ0n) is 8.11. The number of hydrogen-bond donors (Lipinski definition) is 4. The first-order valence-electron chi connectivity index (χ1n) is 4.45. The van der Waals surface area contributed by atoms with Gasteiger partial charge in [-0.15, -0.1) is 0 Å². The molecule has 3 unspecified atom stereocenters. The molecule has 0 spiro atoms. The van der Waals surface area contributed by atoms with Crippen LogP contribution < -0.4 is 0 Å². The van der Waals surface area contributed by atoms with Crippen LogP contribution in [0, 0.1) is 0 Å². The highest BCUT2D eigenvalue weighted by Gasteiger charge is 2.45. The van der Waals surface area contributed by atoms with Gasteiger partial charge in [-0.2, -0.15) is 0 Å². The first-order chi connectivity index (χ1) is 6.97. The Labute approximate surface area is 85.9 Å². The third-order valence-corrected chi connectivity index (χ3v) is 2.14. The van der Waals surface area contributed by atoms with Gasteiger partial charge in [-0.1, -0.05) is 0 Å². The molecule has 1 saturated heterocycles. The van der Waals surface area contributed by atoms with Crippen LogP contribution in [0.5, 0.6) is 0 Å². The molecule has 0 saturated carbocycles. The first-order valence-corrected chi connectivity index (χ1v) is 4.45. The topological polar surface area (TPSA) is 116 Å². The van der Waals surface area contributed by atoms with Crippen LogP contribution >= 0.6 is 0 Å². The number of hydrogen-bond acceptors (Lipinski definition) is 7. The van der Waals surface area contributed by atoms with E-state index in [4.69, 9.17) is 5.11 Å². The van der Waals surface area contributed by atoms with Crippen LogP contribution in [0.2, 0.25) is 0 Å². The molecule has 0 radical (unpaired) electrons. The van der Waals surface area contributed by atoms with Crippen molar-refractivity contribution in [1.29, 1.82) is 0 Å². The predicted octanol–water partition coefficient (Wildman–Crippen LogP) is -2.65. The highest BCUT2D eigenvalue weighted by molar-refractivity contribution is 5.66. The summed E-state index contributed by atoms with van der Waals surface area (Å²) in [6.07, 6.45) is -6.91. The van der Waals surface area contributed by atoms with Gasteiger partial charge in [-0.25, -0.2) is 0 Å². The molecule has 0 amide bonds. The van der Waals surface area contributed by atoms with Gasteiger partial charge in [0, 0.05) is 6.92 Å². The monoisotopic (exact) mass is 222 g/mol. The van der Waals surface area contributed by atoms with E-state index in [1.54, 1.807) is 0 Å². The number of aliphatic hydroxyl groups is 4. The number of carbonyl (C=O) groups is 1. The summed E-state index contributed by atoms with van der Waals surface area (Å²) in [4.78, 5) is 10.7. The van der Waals surface area contributed by atoms with Gasteiger partial charge in [-0.3, -0.25) is 4.79 Å². The van der Waals surface area contributed by atoms with Crippen molar-refractivity contribution >= 4 is 5.97 Å². The fraction of sp³-hybridized carbons (Fsp3) is 0.875. The van der Waals surface area contributed by atoms with Crippen LogP contribution in [-0.2, 0) is 14.3 Å². The van der Waals surface area contributed by atoms with Crippen LogP contribution in [0.25, 0.3) is 0 Å². The maximum atomic E-state index is 10.7. The normalized spacial score (nSPS) is 41.3. The average molecular weight is 222 g/mol. The fourth-order valence-electron chi connectivity index (χ4n) is 1.40. The summed E-state index contributed by atoms with van der Waals surface area (Å²) in [6, 6.07) is 0. The number of carbonyl (C=O) groups excluding carboxylic acids is 1. The van der Waals surface area contributed by atoms with E-state index in [1.165, 1.54) is 0 Å². The van der Waals surface area contributed by atoms with Crippen LogP contribution in [0.1, 0.15) is 6.92 Å². The lowest BCUT2D eigenvalue weighted by atomic mass is 9.99. The zero-order chi connectivity index (χ0) is 11.6. The molecule has 88 valence electrons. The van der Waals surface area contributed by atoms with Gasteiger partial charge in [0.05, 0.1) is 6.61 Å². The van der Waals surface area contributed by atoms with Crippen molar-refractivity contribution < 1.29 is 34.7 Å². The second-order valence-electron chi connectivity index (χ2n) is 3.30. The summed E-state index contributed by atoms with van der Waals surface area (Å²) < 4.78 is 9.31. The van der Waals surface area contributed by atoms with Crippen LogP contribution in [0.15, 0.2) is 0 Å². The van der Waals surface area contributed by atoms with Crippen molar-refractivity contribution in [1.82, 2.24) is 0 Å². The largest absolute Gasteiger partial charge is 0.457 e. The summed E-state index contributed by atoms with van der Waals surface area (Å²) in [5.41, 5.74) is 0. The molecular weight excluding hydrogens is 208 g/mol. The Morgan fingerprint density at radius 1 is 1.33 bits per heavy atom. The molecule has 5 atom stereocenters. The molecule has 1 aliphatic heterocycles. The Morgan fingerprint density at radius 3 is 2.40 bits per heavy atom. The quantitative estimate of drug-likeness (QED) is 0.377. The van der Waals surface area contributed by atoms with E-state index in [2.05, 4.69) is 9.47 Å². The Morgan fingerprint density at radius 2 is 1.93 bits per heavy atom. The summed E-state index contributed by atoms with van der Waals surface area (Å²) in [5, 5.41) is 36.9. The maximum absolute atomic E-state index is 10.7. The van der Waals surface area contributed by atoms with E-state index >= 15 is 0 Å². The molecule has 0 bridgehead atoms. The lowest BCUT2D eigenvalue weighted by molar-refractivity contribution is -0.289. The van der Waals surface area contributed by atoms with E-state index in [0.29, 0.717) is 0 Å². The summed E-state index contributed by atoms with van der Waals surface area (Å²) in [5.74, 6) is -0.705. The molecule has 1 rings (SSSR count). The molecular formula is C8H14O7. The van der Waals surface area contributed by atoms with Gasteiger partial charge < -0.3 is 29.9 Å². The van der Waals surface area contributed by atoms with Gasteiger partial charge in [0.1, 0.15) is 18.3 Å². The Balaban J connectivity index is 2.74. The minimum Gasteiger partial charge on any atom is -0.457 e. The average Bonchev–Trinajstić information content (AvgIpc) is 2.18. The van der Waals surface area contributed by atoms with Gasteiger partial charge in [0.25, 0.3) is 0 Å². The van der Waals surface area contributed by atoms with Crippen molar-refractivity contribution in [3.8, 4) is 0 Å². The zero-order valence-corrected chi connectivity index (χ0v) is 8.11. The molecule has 0 aromatic heterocycles. The number of aliphatic hydroxyl groups excluding tert-OH is 4. The molecule has 0 aliphatic carbocycles. The standard InChI is InChI=1S/C8H14O7/c1-3(10)14-7-5(11)4(2-9)15-8(13)6(7)12/h4-9,11-13H,2H2,1H3/t4?,5-,6?,7?,8-/m1/s1. The smallest absolute Gasteiger partial charge is 0.303 e. The second kappa shape index (κ2) is 4.86. The van der Waals surface area contributed by atoms with Crippen LogP contribution in [0.3, 0.4) is 0 Å². The molecule has 1 aliphatic rings. The molecule has 7 nitrogen and oxygen atoms in total. The Hall–Kier alpha value is -0.730. The summed E-state index contributed by atoms with van der Waals surface area (Å²) in [7, 11) is 0. The Kier molecular flexibility index (Phi) is 4.00. The lowest BCUT2D eigenvalue weighted by Gasteiger charge is -2.39. The highest BCUT2D eigenvalue weighted by Crippen LogP contribution is 2.22. The minimum absolute atomic E-state index is 0.553. The molecule has 0 aromatic carbocycles. The predicted molar refractivity (Wildman–Crippen MR) is 45.5 cm³/mol. The molecule has 0 aromatic rings. The summed E-state index contributed by atoms with van der Waals surface area (Å²) >= 11 is 0. The van der Waals surface area contributed by atoms with E-state index < -0.39 is 43.3 Å². The molecule has 1 heterocycles. The van der Waals surface area contributed by atoms with Crippen LogP contribution in [0.4, 0.5) is 0 Å². The van der Waals surface area contributed by atoms with Gasteiger partial charge >= 0.3 is 5.97 Å². The minimum atomic E-state index is -1.60. The first kappa shape index (κ1) is 12.3. The number of rotatable bonds is 2. The second-order valence-corrected chi connectivity index (χ2v) is 3.30. The summed E-state index contributed by atoms with van der Waals surface area (Å²) in [6.45, 7) is 0.554. The third-order valence-electron chi connectivity index (χ3n) is 2.14. The lowest BCUT2D eigenvalue weighted by Crippen LogP contribution is -2.59. The van der Waals surface area contributed by atoms with Gasteiger partial charge in [0.15, 0.2) is 12.4 Å². The maximum Gasteiger partial charge on any atom is 0.303 e. The van der Waals surface area contributed by atoms with Gasteiger partial charge in [-0.05, 0) is 0 Å². The van der Waals surface area contributed by atoms with Crippen molar-refractivity contribution in [2.24, 2.45) is 0 Å². The molecule has 15 heavy (non-hydrogen) atoms. The molecule has 4 N–H and O–H groups in total. The molecule has 1 fully saturated rings. The highest BCUT2D eigenvalue weighted by atomic mass is 16.7. The third kappa shape index (κ3) is 2.64. The Bertz CT molecular complexity index is 231. The molecule has 7 heteroatoms. The van der Waals surface area contributed by atoms with E-state index in [0.717, 1.165) is 6.92 Å². The van der Waals surface area contributed by atoms with Gasteiger partial charge in [0.2, 0.25) is 0 Å². The van der Waals surface area contributed by atoms with Crippen molar-refractivity contribution in [2.45, 2.75) is 37.6 Å². The fourth-order valence-corrected chi connectivity index (χ4v) is 1.40. The van der Waals surface area contributed by atoms with E-state index in [-0.39, 0.29) is 0 Å². The van der Waals surface area contributed by atoms with Crippen molar-refractivity contribution in [2.75, 3.05) is 6.61 Å².